The van der Waals surface area contributed by atoms with Gasteiger partial charge in [-0.3, -0.25) is 4.79 Å². The van der Waals surface area contributed by atoms with Crippen LogP contribution in [-0.4, -0.2) is 47.6 Å². The van der Waals surface area contributed by atoms with E-state index in [-0.39, 0.29) is 23.2 Å². The number of amides is 1. The normalized spacial score (nSPS) is 11.6. The molecule has 0 atom stereocenters. The van der Waals surface area contributed by atoms with Gasteiger partial charge in [-0.25, -0.2) is 13.1 Å². The first-order chi connectivity index (χ1) is 10.9. The number of hydrogen-bond donors (Lipinski definition) is 1. The molecule has 126 valence electrons. The SMILES string of the molecule is CCCn1cnnc1CN(C)C(=O)CNS(=O)(=O)c1cccs1. The summed E-state index contributed by atoms with van der Waals surface area (Å²) in [5.41, 5.74) is 0. The van der Waals surface area contributed by atoms with Crippen LogP contribution in [0.3, 0.4) is 0 Å². The highest BCUT2D eigenvalue weighted by molar-refractivity contribution is 7.91. The second-order valence-corrected chi connectivity index (χ2v) is 7.89. The van der Waals surface area contributed by atoms with Crippen molar-refractivity contribution in [1.29, 1.82) is 0 Å². The van der Waals surface area contributed by atoms with E-state index in [1.807, 2.05) is 11.5 Å². The highest BCUT2D eigenvalue weighted by atomic mass is 32.2. The third kappa shape index (κ3) is 4.60. The lowest BCUT2D eigenvalue weighted by Crippen LogP contribution is -2.38. The van der Waals surface area contributed by atoms with Gasteiger partial charge in [-0.2, -0.15) is 0 Å². The van der Waals surface area contributed by atoms with E-state index >= 15 is 0 Å². The monoisotopic (exact) mass is 357 g/mol. The third-order valence-electron chi connectivity index (χ3n) is 3.14. The summed E-state index contributed by atoms with van der Waals surface area (Å²) in [6.45, 7) is 2.80. The molecule has 2 rings (SSSR count). The number of sulfonamides is 1. The van der Waals surface area contributed by atoms with Crippen LogP contribution in [-0.2, 0) is 27.9 Å². The Morgan fingerprint density at radius 2 is 2.26 bits per heavy atom. The number of likely N-dealkylation sites (N-methyl/N-ethyl adjacent to an activating group) is 1. The number of hydrogen-bond acceptors (Lipinski definition) is 6. The first-order valence-electron chi connectivity index (χ1n) is 7.08. The first-order valence-corrected chi connectivity index (χ1v) is 9.44. The predicted octanol–water partition coefficient (Wildman–Crippen LogP) is 0.687. The Morgan fingerprint density at radius 3 is 2.91 bits per heavy atom. The molecule has 1 amide bonds. The molecule has 0 fully saturated rings. The van der Waals surface area contributed by atoms with Gasteiger partial charge in [-0.1, -0.05) is 13.0 Å². The summed E-state index contributed by atoms with van der Waals surface area (Å²) in [4.78, 5) is 13.5. The quantitative estimate of drug-likeness (QED) is 0.749. The Hall–Kier alpha value is -1.78. The molecule has 0 saturated carbocycles. The van der Waals surface area contributed by atoms with Crippen LogP contribution in [0.4, 0.5) is 0 Å². The molecule has 0 spiro atoms. The second-order valence-electron chi connectivity index (χ2n) is 4.95. The second kappa shape index (κ2) is 7.66. The molecular weight excluding hydrogens is 338 g/mol. The first kappa shape index (κ1) is 17.6. The molecule has 0 bridgehead atoms. The summed E-state index contributed by atoms with van der Waals surface area (Å²) in [5, 5.41) is 9.50. The zero-order chi connectivity index (χ0) is 16.9. The fourth-order valence-electron chi connectivity index (χ4n) is 1.91. The van der Waals surface area contributed by atoms with Gasteiger partial charge in [0.05, 0.1) is 13.1 Å². The van der Waals surface area contributed by atoms with Crippen LogP contribution in [0.2, 0.25) is 0 Å². The van der Waals surface area contributed by atoms with Crippen LogP contribution < -0.4 is 4.72 Å². The zero-order valence-electron chi connectivity index (χ0n) is 13.0. The van der Waals surface area contributed by atoms with Crippen molar-refractivity contribution in [3.05, 3.63) is 29.7 Å². The van der Waals surface area contributed by atoms with E-state index in [0.717, 1.165) is 24.3 Å². The van der Waals surface area contributed by atoms with E-state index in [2.05, 4.69) is 14.9 Å². The predicted molar refractivity (Wildman–Crippen MR) is 86.3 cm³/mol. The molecule has 2 aromatic rings. The van der Waals surface area contributed by atoms with E-state index in [0.29, 0.717) is 5.82 Å². The molecule has 0 aliphatic carbocycles. The Bertz CT molecular complexity index is 740. The molecule has 8 nitrogen and oxygen atoms in total. The van der Waals surface area contributed by atoms with Crippen LogP contribution in [0.5, 0.6) is 0 Å². The number of thiophene rings is 1. The minimum absolute atomic E-state index is 0.190. The van der Waals surface area contributed by atoms with E-state index in [1.165, 1.54) is 11.0 Å². The largest absolute Gasteiger partial charge is 0.337 e. The van der Waals surface area contributed by atoms with Crippen LogP contribution in [0, 0.1) is 0 Å². The van der Waals surface area contributed by atoms with Gasteiger partial charge in [0.15, 0.2) is 5.82 Å². The fourth-order valence-corrected chi connectivity index (χ4v) is 3.92. The lowest BCUT2D eigenvalue weighted by atomic mass is 10.4. The van der Waals surface area contributed by atoms with Gasteiger partial charge in [0.2, 0.25) is 5.91 Å². The maximum Gasteiger partial charge on any atom is 0.250 e. The Balaban J connectivity index is 1.91. The molecule has 10 heteroatoms. The molecule has 2 heterocycles. The topological polar surface area (TPSA) is 97.2 Å². The van der Waals surface area contributed by atoms with E-state index in [4.69, 9.17) is 0 Å². The molecule has 0 unspecified atom stereocenters. The van der Waals surface area contributed by atoms with Crippen molar-refractivity contribution >= 4 is 27.3 Å². The van der Waals surface area contributed by atoms with Gasteiger partial charge >= 0.3 is 0 Å². The number of carbonyl (C=O) groups is 1. The van der Waals surface area contributed by atoms with Gasteiger partial charge in [-0.05, 0) is 17.9 Å². The van der Waals surface area contributed by atoms with Crippen molar-refractivity contribution in [2.24, 2.45) is 0 Å². The summed E-state index contributed by atoms with van der Waals surface area (Å²) >= 11 is 1.10. The van der Waals surface area contributed by atoms with E-state index in [1.54, 1.807) is 24.8 Å². The Kier molecular flexibility index (Phi) is 5.85. The average molecular weight is 357 g/mol. The standard InChI is InChI=1S/C13H19N5O3S2/c1-3-6-18-10-14-16-11(18)9-17(2)12(19)8-15-23(20,21)13-5-4-7-22-13/h4-5,7,10,15H,3,6,8-9H2,1-2H3. The van der Waals surface area contributed by atoms with Gasteiger partial charge in [0.1, 0.15) is 10.5 Å². The zero-order valence-corrected chi connectivity index (χ0v) is 14.6. The summed E-state index contributed by atoms with van der Waals surface area (Å²) in [6.07, 6.45) is 2.56. The minimum atomic E-state index is -3.64. The van der Waals surface area contributed by atoms with Crippen molar-refractivity contribution in [3.8, 4) is 0 Å². The lowest BCUT2D eigenvalue weighted by molar-refractivity contribution is -0.129. The summed E-state index contributed by atoms with van der Waals surface area (Å²) in [6, 6.07) is 3.14. The lowest BCUT2D eigenvalue weighted by Gasteiger charge is -2.17. The molecule has 0 radical (unpaired) electrons. The van der Waals surface area contributed by atoms with Crippen molar-refractivity contribution < 1.29 is 13.2 Å². The molecule has 0 aromatic carbocycles. The van der Waals surface area contributed by atoms with Crippen molar-refractivity contribution in [2.45, 2.75) is 30.6 Å². The smallest absolute Gasteiger partial charge is 0.250 e. The number of aromatic nitrogens is 3. The van der Waals surface area contributed by atoms with E-state index in [9.17, 15) is 13.2 Å². The minimum Gasteiger partial charge on any atom is -0.337 e. The number of carbonyl (C=O) groups excluding carboxylic acids is 1. The highest BCUT2D eigenvalue weighted by Crippen LogP contribution is 2.15. The van der Waals surface area contributed by atoms with Gasteiger partial charge in [0.25, 0.3) is 10.0 Å². The Labute approximate surface area is 139 Å². The third-order valence-corrected chi connectivity index (χ3v) is 5.94. The van der Waals surface area contributed by atoms with Crippen LogP contribution >= 0.6 is 11.3 Å². The summed E-state index contributed by atoms with van der Waals surface area (Å²) in [7, 11) is -2.03. The number of rotatable bonds is 8. The molecule has 0 aliphatic heterocycles. The molecule has 0 aliphatic rings. The number of nitrogens with zero attached hydrogens (tertiary/aromatic N) is 4. The fraction of sp³-hybridized carbons (Fsp3) is 0.462. The molecule has 2 aromatic heterocycles. The van der Waals surface area contributed by atoms with Crippen LogP contribution in [0.15, 0.2) is 28.0 Å². The van der Waals surface area contributed by atoms with E-state index < -0.39 is 10.0 Å². The van der Waals surface area contributed by atoms with Gasteiger partial charge in [0, 0.05) is 13.6 Å². The Morgan fingerprint density at radius 1 is 1.48 bits per heavy atom. The number of aryl methyl sites for hydroxylation is 1. The molecule has 23 heavy (non-hydrogen) atoms. The van der Waals surface area contributed by atoms with Gasteiger partial charge in [-0.15, -0.1) is 21.5 Å². The average Bonchev–Trinajstić information content (AvgIpc) is 3.18. The van der Waals surface area contributed by atoms with Crippen molar-refractivity contribution in [3.63, 3.8) is 0 Å². The molecule has 0 saturated heterocycles. The highest BCUT2D eigenvalue weighted by Gasteiger charge is 2.19. The van der Waals surface area contributed by atoms with Crippen LogP contribution in [0.25, 0.3) is 0 Å². The summed E-state index contributed by atoms with van der Waals surface area (Å²) in [5.74, 6) is 0.333. The van der Waals surface area contributed by atoms with Gasteiger partial charge < -0.3 is 9.47 Å². The number of nitrogens with one attached hydrogen (secondary N) is 1. The van der Waals surface area contributed by atoms with Crippen molar-refractivity contribution in [2.75, 3.05) is 13.6 Å². The molecule has 1 N–H and O–H groups in total. The van der Waals surface area contributed by atoms with Crippen molar-refractivity contribution in [1.82, 2.24) is 24.4 Å². The molecular formula is C13H19N5O3S2. The van der Waals surface area contributed by atoms with Crippen LogP contribution in [0.1, 0.15) is 19.2 Å². The maximum atomic E-state index is 12.1. The summed E-state index contributed by atoms with van der Waals surface area (Å²) < 4.78 is 28.3. The maximum absolute atomic E-state index is 12.1.